The van der Waals surface area contributed by atoms with Crippen LogP contribution in [-0.2, 0) is 20.7 Å². The van der Waals surface area contributed by atoms with Gasteiger partial charge in [-0.1, -0.05) is 24.3 Å². The summed E-state index contributed by atoms with van der Waals surface area (Å²) in [5, 5.41) is 0. The lowest BCUT2D eigenvalue weighted by molar-refractivity contribution is -0.145. The van der Waals surface area contributed by atoms with Gasteiger partial charge in [0.25, 0.3) is 0 Å². The van der Waals surface area contributed by atoms with Crippen molar-refractivity contribution in [2.24, 2.45) is 0 Å². The lowest BCUT2D eigenvalue weighted by atomic mass is 10.0. The summed E-state index contributed by atoms with van der Waals surface area (Å²) in [7, 11) is 0. The molecule has 1 aromatic rings. The predicted molar refractivity (Wildman–Crippen MR) is 87.0 cm³/mol. The molecule has 2 atom stereocenters. The Bertz CT molecular complexity index is 594. The second-order valence-electron chi connectivity index (χ2n) is 6.52. The minimum atomic E-state index is -0.126. The van der Waals surface area contributed by atoms with Crippen molar-refractivity contribution in [1.82, 2.24) is 9.80 Å². The Balaban J connectivity index is 1.54. The molecule has 0 N–H and O–H groups in total. The molecule has 0 bridgehead atoms. The van der Waals surface area contributed by atoms with Gasteiger partial charge in [-0.25, -0.2) is 0 Å². The Hall–Kier alpha value is -1.88. The van der Waals surface area contributed by atoms with Gasteiger partial charge in [0.15, 0.2) is 0 Å². The maximum Gasteiger partial charge on any atom is 0.323 e. The lowest BCUT2D eigenvalue weighted by Crippen LogP contribution is -2.53. The number of benzene rings is 1. The van der Waals surface area contributed by atoms with E-state index in [2.05, 4.69) is 4.90 Å². The van der Waals surface area contributed by atoms with Gasteiger partial charge in [-0.05, 0) is 25.0 Å². The molecule has 2 fully saturated rings. The van der Waals surface area contributed by atoms with E-state index in [-0.39, 0.29) is 24.0 Å². The van der Waals surface area contributed by atoms with Crippen LogP contribution in [-0.4, -0.2) is 60.0 Å². The van der Waals surface area contributed by atoms with E-state index in [4.69, 9.17) is 4.74 Å². The fourth-order valence-corrected chi connectivity index (χ4v) is 3.40. The van der Waals surface area contributed by atoms with Crippen molar-refractivity contribution >= 4 is 11.9 Å². The number of carbonyl (C=O) groups is 2. The second kappa shape index (κ2) is 6.71. The first-order chi connectivity index (χ1) is 11.0. The predicted octanol–water partition coefficient (Wildman–Crippen LogP) is 1.39. The second-order valence-corrected chi connectivity index (χ2v) is 6.52. The zero-order chi connectivity index (χ0) is 16.4. The molecule has 3 rings (SSSR count). The van der Waals surface area contributed by atoms with Gasteiger partial charge >= 0.3 is 5.97 Å². The number of hydrogen-bond donors (Lipinski definition) is 0. The molecule has 23 heavy (non-hydrogen) atoms. The number of rotatable bonds is 3. The molecule has 1 aromatic carbocycles. The van der Waals surface area contributed by atoms with Crippen LogP contribution >= 0.6 is 0 Å². The Kier molecular flexibility index (Phi) is 4.66. The number of piperazine rings is 1. The highest BCUT2D eigenvalue weighted by Gasteiger charge is 2.38. The monoisotopic (exact) mass is 316 g/mol. The molecule has 0 saturated carbocycles. The molecule has 2 aliphatic rings. The maximum atomic E-state index is 12.5. The van der Waals surface area contributed by atoms with E-state index in [1.807, 2.05) is 43.0 Å². The largest absolute Gasteiger partial charge is 0.461 e. The van der Waals surface area contributed by atoms with Crippen LogP contribution in [0.25, 0.3) is 0 Å². The molecule has 1 amide bonds. The first-order valence-electron chi connectivity index (χ1n) is 8.31. The fourth-order valence-electron chi connectivity index (χ4n) is 3.40. The highest BCUT2D eigenvalue weighted by Crippen LogP contribution is 2.21. The van der Waals surface area contributed by atoms with E-state index < -0.39 is 0 Å². The number of cyclic esters (lactones) is 1. The molecule has 0 unspecified atom stereocenters. The van der Waals surface area contributed by atoms with Crippen LogP contribution in [0.2, 0.25) is 0 Å². The Labute approximate surface area is 137 Å². The van der Waals surface area contributed by atoms with E-state index in [1.165, 1.54) is 0 Å². The molecule has 0 aromatic heterocycles. The topological polar surface area (TPSA) is 49.9 Å². The Morgan fingerprint density at radius 3 is 2.52 bits per heavy atom. The van der Waals surface area contributed by atoms with E-state index in [0.29, 0.717) is 19.5 Å². The van der Waals surface area contributed by atoms with Crippen LogP contribution in [0.4, 0.5) is 0 Å². The molecule has 5 heteroatoms. The lowest BCUT2D eigenvalue weighted by Gasteiger charge is -2.36. The standard InChI is InChI=1S/C18H24N2O3/c1-13-5-3-4-6-15(13)12-17(21)20-9-7-19(8-10-20)16-11-14(2)23-18(16)22/h3-6,14,16H,7-12H2,1-2H3/t14-,16+/m1/s1. The van der Waals surface area contributed by atoms with Gasteiger partial charge in [0.1, 0.15) is 12.1 Å². The summed E-state index contributed by atoms with van der Waals surface area (Å²) in [6.07, 6.45) is 1.22. The van der Waals surface area contributed by atoms with Crippen molar-refractivity contribution in [2.75, 3.05) is 26.2 Å². The highest BCUT2D eigenvalue weighted by atomic mass is 16.6. The summed E-state index contributed by atoms with van der Waals surface area (Å²) in [5.41, 5.74) is 2.25. The van der Waals surface area contributed by atoms with Gasteiger partial charge in [0, 0.05) is 32.6 Å². The molecule has 124 valence electrons. The number of ether oxygens (including phenoxy) is 1. The Morgan fingerprint density at radius 2 is 1.91 bits per heavy atom. The number of hydrogen-bond acceptors (Lipinski definition) is 4. The normalized spacial score (nSPS) is 25.5. The summed E-state index contributed by atoms with van der Waals surface area (Å²) in [5.74, 6) is 0.0542. The third kappa shape index (κ3) is 3.55. The molecular formula is C18H24N2O3. The molecule has 2 aliphatic heterocycles. The van der Waals surface area contributed by atoms with E-state index >= 15 is 0 Å². The fraction of sp³-hybridized carbons (Fsp3) is 0.556. The summed E-state index contributed by atoms with van der Waals surface area (Å²) >= 11 is 0. The average Bonchev–Trinajstić information content (AvgIpc) is 2.88. The van der Waals surface area contributed by atoms with Gasteiger partial charge in [-0.15, -0.1) is 0 Å². The molecule has 2 saturated heterocycles. The molecular weight excluding hydrogens is 292 g/mol. The molecule has 0 aliphatic carbocycles. The number of carbonyl (C=O) groups excluding carboxylic acids is 2. The van der Waals surface area contributed by atoms with Crippen molar-refractivity contribution in [3.63, 3.8) is 0 Å². The molecule has 0 radical (unpaired) electrons. The van der Waals surface area contributed by atoms with Crippen molar-refractivity contribution in [3.8, 4) is 0 Å². The van der Waals surface area contributed by atoms with Gasteiger partial charge < -0.3 is 9.64 Å². The average molecular weight is 316 g/mol. The number of aryl methyl sites for hydroxylation is 1. The summed E-state index contributed by atoms with van der Waals surface area (Å²) in [6, 6.07) is 7.88. The third-order valence-corrected chi connectivity index (χ3v) is 4.86. The quantitative estimate of drug-likeness (QED) is 0.791. The molecule has 2 heterocycles. The van der Waals surface area contributed by atoms with Crippen molar-refractivity contribution in [1.29, 1.82) is 0 Å². The number of nitrogens with zero attached hydrogens (tertiary/aromatic N) is 2. The smallest absolute Gasteiger partial charge is 0.323 e. The first-order valence-corrected chi connectivity index (χ1v) is 8.31. The minimum absolute atomic E-state index is 0.00761. The van der Waals surface area contributed by atoms with Crippen LogP contribution in [0, 0.1) is 6.92 Å². The zero-order valence-electron chi connectivity index (χ0n) is 13.8. The van der Waals surface area contributed by atoms with Crippen molar-refractivity contribution < 1.29 is 14.3 Å². The van der Waals surface area contributed by atoms with Gasteiger partial charge in [-0.3, -0.25) is 14.5 Å². The van der Waals surface area contributed by atoms with Crippen LogP contribution in [0.1, 0.15) is 24.5 Å². The van der Waals surface area contributed by atoms with Crippen molar-refractivity contribution in [3.05, 3.63) is 35.4 Å². The van der Waals surface area contributed by atoms with Crippen LogP contribution in [0.3, 0.4) is 0 Å². The summed E-state index contributed by atoms with van der Waals surface area (Å²) < 4.78 is 5.23. The van der Waals surface area contributed by atoms with E-state index in [9.17, 15) is 9.59 Å². The number of amides is 1. The zero-order valence-corrected chi connectivity index (χ0v) is 13.8. The number of esters is 1. The van der Waals surface area contributed by atoms with Gasteiger partial charge in [0.2, 0.25) is 5.91 Å². The van der Waals surface area contributed by atoms with Gasteiger partial charge in [0.05, 0.1) is 6.42 Å². The van der Waals surface area contributed by atoms with Crippen LogP contribution in [0.15, 0.2) is 24.3 Å². The van der Waals surface area contributed by atoms with Crippen LogP contribution < -0.4 is 0 Å². The summed E-state index contributed by atoms with van der Waals surface area (Å²) in [6.45, 7) is 6.82. The summed E-state index contributed by atoms with van der Waals surface area (Å²) in [4.78, 5) is 28.4. The maximum absolute atomic E-state index is 12.5. The van der Waals surface area contributed by atoms with E-state index in [0.717, 1.165) is 30.6 Å². The Morgan fingerprint density at radius 1 is 1.22 bits per heavy atom. The first kappa shape index (κ1) is 16.0. The highest BCUT2D eigenvalue weighted by molar-refractivity contribution is 5.80. The SMILES string of the molecule is Cc1ccccc1CC(=O)N1CCN([C@H]2C[C@@H](C)OC2=O)CC1. The molecule has 5 nitrogen and oxygen atoms in total. The van der Waals surface area contributed by atoms with E-state index in [1.54, 1.807) is 0 Å². The van der Waals surface area contributed by atoms with Crippen molar-refractivity contribution in [2.45, 2.75) is 38.8 Å². The van der Waals surface area contributed by atoms with Crippen LogP contribution in [0.5, 0.6) is 0 Å². The molecule has 0 spiro atoms. The third-order valence-electron chi connectivity index (χ3n) is 4.86. The van der Waals surface area contributed by atoms with Gasteiger partial charge in [-0.2, -0.15) is 0 Å². The minimum Gasteiger partial charge on any atom is -0.461 e.